The van der Waals surface area contributed by atoms with Crippen LogP contribution < -0.4 is 10.6 Å². The van der Waals surface area contributed by atoms with Gasteiger partial charge in [-0.05, 0) is 47.9 Å². The first-order valence-electron chi connectivity index (χ1n) is 8.22. The molecule has 0 fully saturated rings. The molecule has 0 unspecified atom stereocenters. The fourth-order valence-corrected chi connectivity index (χ4v) is 2.41. The number of aryl methyl sites for hydroxylation is 1. The van der Waals surface area contributed by atoms with Crippen LogP contribution in [0.15, 0.2) is 67.3 Å². The zero-order chi connectivity index (χ0) is 17.5. The predicted octanol–water partition coefficient (Wildman–Crippen LogP) is 3.71. The lowest BCUT2D eigenvalue weighted by molar-refractivity contribution is 0.0950. The van der Waals surface area contributed by atoms with Crippen LogP contribution in [0.5, 0.6) is 0 Å². The fraction of sp³-hybridized carbons (Fsp3) is 0.150. The van der Waals surface area contributed by atoms with Crippen molar-refractivity contribution in [1.82, 2.24) is 15.3 Å². The van der Waals surface area contributed by atoms with Crippen LogP contribution in [0.4, 0.5) is 11.4 Å². The van der Waals surface area contributed by atoms with Gasteiger partial charge in [0.1, 0.15) is 0 Å². The van der Waals surface area contributed by atoms with Gasteiger partial charge in [-0.1, -0.05) is 19.1 Å². The molecule has 0 aliphatic heterocycles. The molecule has 25 heavy (non-hydrogen) atoms. The number of hydrogen-bond acceptors (Lipinski definition) is 4. The number of pyridine rings is 2. The summed E-state index contributed by atoms with van der Waals surface area (Å²) in [6.07, 6.45) is 7.68. The Bertz CT molecular complexity index is 832. The summed E-state index contributed by atoms with van der Waals surface area (Å²) < 4.78 is 0. The van der Waals surface area contributed by atoms with Gasteiger partial charge in [0.2, 0.25) is 0 Å². The summed E-state index contributed by atoms with van der Waals surface area (Å²) in [5.74, 6) is -0.158. The molecular weight excluding hydrogens is 312 g/mol. The Kier molecular flexibility index (Phi) is 5.36. The van der Waals surface area contributed by atoms with Crippen molar-refractivity contribution in [1.29, 1.82) is 0 Å². The predicted molar refractivity (Wildman–Crippen MR) is 98.7 cm³/mol. The van der Waals surface area contributed by atoms with Gasteiger partial charge in [0.05, 0.1) is 17.4 Å². The molecule has 0 atom stereocenters. The standard InChI is InChI=1S/C20H20N4O/c1-2-15-3-5-18(6-4-15)24-19-11-17(13-22-14-19)20(25)23-12-16-7-9-21-10-8-16/h3-11,13-14,24H,2,12H2,1H3,(H,23,25). The van der Waals surface area contributed by atoms with Crippen LogP contribution in [0.25, 0.3) is 0 Å². The first-order chi connectivity index (χ1) is 12.2. The fourth-order valence-electron chi connectivity index (χ4n) is 2.41. The third kappa shape index (κ3) is 4.64. The highest BCUT2D eigenvalue weighted by atomic mass is 16.1. The Morgan fingerprint density at radius 1 is 0.920 bits per heavy atom. The van der Waals surface area contributed by atoms with Gasteiger partial charge in [0.25, 0.3) is 5.91 Å². The second-order valence-corrected chi connectivity index (χ2v) is 5.68. The molecule has 2 heterocycles. The molecule has 0 spiro atoms. The molecule has 0 radical (unpaired) electrons. The lowest BCUT2D eigenvalue weighted by Crippen LogP contribution is -2.23. The average molecular weight is 332 g/mol. The number of nitrogens with zero attached hydrogens (tertiary/aromatic N) is 2. The van der Waals surface area contributed by atoms with Crippen LogP contribution in [-0.2, 0) is 13.0 Å². The molecule has 0 aliphatic rings. The third-order valence-corrected chi connectivity index (χ3v) is 3.85. The maximum Gasteiger partial charge on any atom is 0.253 e. The Labute approximate surface area is 147 Å². The summed E-state index contributed by atoms with van der Waals surface area (Å²) in [5, 5.41) is 6.16. The maximum atomic E-state index is 12.3. The molecule has 1 amide bonds. The van der Waals surface area contributed by atoms with Crippen molar-refractivity contribution < 1.29 is 4.79 Å². The van der Waals surface area contributed by atoms with Gasteiger partial charge in [-0.15, -0.1) is 0 Å². The van der Waals surface area contributed by atoms with E-state index in [2.05, 4.69) is 39.7 Å². The highest BCUT2D eigenvalue weighted by molar-refractivity contribution is 5.94. The van der Waals surface area contributed by atoms with Crippen molar-refractivity contribution in [3.05, 3.63) is 83.9 Å². The number of carbonyl (C=O) groups excluding carboxylic acids is 1. The number of amides is 1. The van der Waals surface area contributed by atoms with Gasteiger partial charge in [0, 0.05) is 30.8 Å². The minimum atomic E-state index is -0.158. The smallest absolute Gasteiger partial charge is 0.253 e. The number of nitrogens with one attached hydrogen (secondary N) is 2. The molecule has 3 aromatic rings. The molecule has 126 valence electrons. The van der Waals surface area contributed by atoms with E-state index in [-0.39, 0.29) is 5.91 Å². The zero-order valence-electron chi connectivity index (χ0n) is 14.1. The SMILES string of the molecule is CCc1ccc(Nc2cncc(C(=O)NCc3ccncc3)c2)cc1. The van der Waals surface area contributed by atoms with E-state index in [1.165, 1.54) is 5.56 Å². The molecule has 0 aliphatic carbocycles. The number of anilines is 2. The average Bonchev–Trinajstić information content (AvgIpc) is 2.68. The molecule has 3 rings (SSSR count). The van der Waals surface area contributed by atoms with E-state index in [4.69, 9.17) is 0 Å². The maximum absolute atomic E-state index is 12.3. The molecule has 2 aromatic heterocycles. The minimum absolute atomic E-state index is 0.158. The van der Waals surface area contributed by atoms with Crippen molar-refractivity contribution in [2.24, 2.45) is 0 Å². The van der Waals surface area contributed by atoms with Gasteiger partial charge in [-0.2, -0.15) is 0 Å². The zero-order valence-corrected chi connectivity index (χ0v) is 14.1. The van der Waals surface area contributed by atoms with Crippen LogP contribution >= 0.6 is 0 Å². The third-order valence-electron chi connectivity index (χ3n) is 3.85. The molecule has 1 aromatic carbocycles. The minimum Gasteiger partial charge on any atom is -0.354 e. The summed E-state index contributed by atoms with van der Waals surface area (Å²) in [5.41, 5.74) is 4.55. The summed E-state index contributed by atoms with van der Waals surface area (Å²) in [4.78, 5) is 20.4. The Morgan fingerprint density at radius 3 is 2.40 bits per heavy atom. The molecule has 5 nitrogen and oxygen atoms in total. The molecule has 0 saturated carbocycles. The lowest BCUT2D eigenvalue weighted by Gasteiger charge is -2.09. The highest BCUT2D eigenvalue weighted by Crippen LogP contribution is 2.17. The van der Waals surface area contributed by atoms with Crippen molar-refractivity contribution in [3.63, 3.8) is 0 Å². The van der Waals surface area contributed by atoms with E-state index in [1.54, 1.807) is 30.9 Å². The van der Waals surface area contributed by atoms with Gasteiger partial charge < -0.3 is 10.6 Å². The monoisotopic (exact) mass is 332 g/mol. The molecule has 0 bridgehead atoms. The Morgan fingerprint density at radius 2 is 1.68 bits per heavy atom. The van der Waals surface area contributed by atoms with Crippen LogP contribution in [0.2, 0.25) is 0 Å². The second kappa shape index (κ2) is 8.06. The summed E-state index contributed by atoms with van der Waals surface area (Å²) >= 11 is 0. The molecule has 2 N–H and O–H groups in total. The van der Waals surface area contributed by atoms with E-state index >= 15 is 0 Å². The van der Waals surface area contributed by atoms with Crippen LogP contribution in [0.1, 0.15) is 28.4 Å². The van der Waals surface area contributed by atoms with E-state index in [0.29, 0.717) is 12.1 Å². The van der Waals surface area contributed by atoms with E-state index in [1.807, 2.05) is 24.3 Å². The van der Waals surface area contributed by atoms with Crippen molar-refractivity contribution in [3.8, 4) is 0 Å². The first-order valence-corrected chi connectivity index (χ1v) is 8.22. The number of aromatic nitrogens is 2. The molecular formula is C20H20N4O. The summed E-state index contributed by atoms with van der Waals surface area (Å²) in [6.45, 7) is 2.58. The van der Waals surface area contributed by atoms with E-state index in [9.17, 15) is 4.79 Å². The normalized spacial score (nSPS) is 10.3. The van der Waals surface area contributed by atoms with Gasteiger partial charge in [-0.3, -0.25) is 14.8 Å². The summed E-state index contributed by atoms with van der Waals surface area (Å²) in [6, 6.07) is 13.8. The van der Waals surface area contributed by atoms with Crippen LogP contribution in [0.3, 0.4) is 0 Å². The first kappa shape index (κ1) is 16.6. The van der Waals surface area contributed by atoms with Crippen LogP contribution in [0, 0.1) is 0 Å². The Hall–Kier alpha value is -3.21. The van der Waals surface area contributed by atoms with E-state index in [0.717, 1.165) is 23.4 Å². The topological polar surface area (TPSA) is 66.9 Å². The molecule has 5 heteroatoms. The lowest BCUT2D eigenvalue weighted by atomic mass is 10.1. The largest absolute Gasteiger partial charge is 0.354 e. The van der Waals surface area contributed by atoms with Crippen molar-refractivity contribution >= 4 is 17.3 Å². The van der Waals surface area contributed by atoms with Crippen molar-refractivity contribution in [2.75, 3.05) is 5.32 Å². The van der Waals surface area contributed by atoms with Crippen molar-refractivity contribution in [2.45, 2.75) is 19.9 Å². The second-order valence-electron chi connectivity index (χ2n) is 5.68. The van der Waals surface area contributed by atoms with Crippen LogP contribution in [-0.4, -0.2) is 15.9 Å². The number of carbonyl (C=O) groups is 1. The number of benzene rings is 1. The summed E-state index contributed by atoms with van der Waals surface area (Å²) in [7, 11) is 0. The van der Waals surface area contributed by atoms with Gasteiger partial charge in [0.15, 0.2) is 0 Å². The Balaban J connectivity index is 1.64. The van der Waals surface area contributed by atoms with E-state index < -0.39 is 0 Å². The quantitative estimate of drug-likeness (QED) is 0.722. The number of rotatable bonds is 6. The van der Waals surface area contributed by atoms with Gasteiger partial charge >= 0.3 is 0 Å². The number of hydrogen-bond donors (Lipinski definition) is 2. The molecule has 0 saturated heterocycles. The highest BCUT2D eigenvalue weighted by Gasteiger charge is 2.07. The van der Waals surface area contributed by atoms with Gasteiger partial charge in [-0.25, -0.2) is 0 Å².